The first-order chi connectivity index (χ1) is 9.56. The van der Waals surface area contributed by atoms with E-state index in [0.29, 0.717) is 11.7 Å². The smallest absolute Gasteiger partial charge is 0.0883 e. The van der Waals surface area contributed by atoms with Gasteiger partial charge in [-0.2, -0.15) is 0 Å². The molecule has 1 atom stereocenters. The second-order valence-corrected chi connectivity index (χ2v) is 7.11. The van der Waals surface area contributed by atoms with E-state index in [-0.39, 0.29) is 0 Å². The molecule has 1 nitrogen and oxygen atoms in total. The fourth-order valence-electron chi connectivity index (χ4n) is 1.91. The summed E-state index contributed by atoms with van der Waals surface area (Å²) < 4.78 is 1.08. The van der Waals surface area contributed by atoms with Gasteiger partial charge in [-0.1, -0.05) is 54.0 Å². The highest BCUT2D eigenvalue weighted by molar-refractivity contribution is 9.10. The van der Waals surface area contributed by atoms with E-state index in [1.807, 2.05) is 24.3 Å². The minimum Gasteiger partial charge on any atom is -0.388 e. The number of rotatable bonds is 5. The topological polar surface area (TPSA) is 20.2 Å². The third-order valence-electron chi connectivity index (χ3n) is 3.21. The van der Waals surface area contributed by atoms with E-state index in [4.69, 9.17) is 0 Å². The summed E-state index contributed by atoms with van der Waals surface area (Å²) in [4.78, 5) is 1.17. The van der Waals surface area contributed by atoms with E-state index in [0.717, 1.165) is 10.0 Å². The first-order valence-corrected chi connectivity index (χ1v) is 8.50. The molecule has 0 heterocycles. The third kappa shape index (κ3) is 4.37. The van der Waals surface area contributed by atoms with Crippen LogP contribution in [0.3, 0.4) is 0 Å². The van der Waals surface area contributed by atoms with Crippen LogP contribution >= 0.6 is 27.7 Å². The van der Waals surface area contributed by atoms with Gasteiger partial charge in [-0.25, -0.2) is 0 Å². The SMILES string of the molecule is CC(C)c1ccc(C(O)CSc2ccc(Br)cc2)cc1. The molecule has 0 aliphatic rings. The van der Waals surface area contributed by atoms with Crippen LogP contribution < -0.4 is 0 Å². The van der Waals surface area contributed by atoms with E-state index < -0.39 is 6.10 Å². The molecule has 0 bridgehead atoms. The average Bonchev–Trinajstić information content (AvgIpc) is 2.46. The Morgan fingerprint density at radius 1 is 0.950 bits per heavy atom. The summed E-state index contributed by atoms with van der Waals surface area (Å²) in [6, 6.07) is 16.4. The molecule has 0 aliphatic heterocycles. The summed E-state index contributed by atoms with van der Waals surface area (Å²) in [6.07, 6.45) is -0.426. The molecule has 2 aromatic rings. The molecule has 2 aromatic carbocycles. The Labute approximate surface area is 133 Å². The van der Waals surface area contributed by atoms with Crippen molar-refractivity contribution in [2.45, 2.75) is 30.8 Å². The molecule has 1 unspecified atom stereocenters. The molecule has 3 heteroatoms. The Morgan fingerprint density at radius 2 is 1.50 bits per heavy atom. The van der Waals surface area contributed by atoms with Gasteiger partial charge in [0.05, 0.1) is 6.10 Å². The molecule has 1 N–H and O–H groups in total. The van der Waals surface area contributed by atoms with E-state index in [2.05, 4.69) is 54.0 Å². The fourth-order valence-corrected chi connectivity index (χ4v) is 3.04. The quantitative estimate of drug-likeness (QED) is 0.728. The largest absolute Gasteiger partial charge is 0.388 e. The first kappa shape index (κ1) is 15.6. The molecule has 20 heavy (non-hydrogen) atoms. The Morgan fingerprint density at radius 3 is 2.05 bits per heavy atom. The maximum absolute atomic E-state index is 10.2. The zero-order chi connectivity index (χ0) is 14.5. The Balaban J connectivity index is 1.94. The number of hydrogen-bond acceptors (Lipinski definition) is 2. The Bertz CT molecular complexity index is 534. The van der Waals surface area contributed by atoms with Gasteiger partial charge in [-0.15, -0.1) is 11.8 Å². The molecule has 0 amide bonds. The van der Waals surface area contributed by atoms with Crippen molar-refractivity contribution in [3.05, 3.63) is 64.1 Å². The van der Waals surface area contributed by atoms with Gasteiger partial charge < -0.3 is 5.11 Å². The minimum atomic E-state index is -0.426. The summed E-state index contributed by atoms with van der Waals surface area (Å²) in [5.74, 6) is 1.20. The zero-order valence-corrected chi connectivity index (χ0v) is 14.1. The number of halogens is 1. The first-order valence-electron chi connectivity index (χ1n) is 6.72. The summed E-state index contributed by atoms with van der Waals surface area (Å²) >= 11 is 5.09. The molecule has 2 rings (SSSR count). The average molecular weight is 351 g/mol. The van der Waals surface area contributed by atoms with Crippen LogP contribution in [0, 0.1) is 0 Å². The second-order valence-electron chi connectivity index (χ2n) is 5.10. The third-order valence-corrected chi connectivity index (χ3v) is 4.83. The lowest BCUT2D eigenvalue weighted by atomic mass is 10.0. The van der Waals surface area contributed by atoms with Crippen LogP contribution in [-0.4, -0.2) is 10.9 Å². The highest BCUT2D eigenvalue weighted by Gasteiger charge is 2.09. The molecule has 106 valence electrons. The summed E-state index contributed by atoms with van der Waals surface area (Å²) in [5.41, 5.74) is 2.29. The molecular formula is C17H19BrOS. The highest BCUT2D eigenvalue weighted by atomic mass is 79.9. The van der Waals surface area contributed by atoms with Gasteiger partial charge in [0, 0.05) is 15.1 Å². The van der Waals surface area contributed by atoms with Crippen molar-refractivity contribution in [3.8, 4) is 0 Å². The standard InChI is InChI=1S/C17H19BrOS/c1-12(2)13-3-5-14(6-4-13)17(19)11-20-16-9-7-15(18)8-10-16/h3-10,12,17,19H,11H2,1-2H3. The van der Waals surface area contributed by atoms with Crippen molar-refractivity contribution >= 4 is 27.7 Å². The second kappa shape index (κ2) is 7.30. The number of hydrogen-bond donors (Lipinski definition) is 1. The van der Waals surface area contributed by atoms with Crippen molar-refractivity contribution in [1.29, 1.82) is 0 Å². The molecule has 0 radical (unpaired) electrons. The van der Waals surface area contributed by atoms with Crippen LogP contribution in [-0.2, 0) is 0 Å². The molecular weight excluding hydrogens is 332 g/mol. The van der Waals surface area contributed by atoms with Gasteiger partial charge in [-0.05, 0) is 41.3 Å². The molecule has 0 saturated carbocycles. The summed E-state index contributed by atoms with van der Waals surface area (Å²) in [6.45, 7) is 4.35. The van der Waals surface area contributed by atoms with Crippen LogP contribution in [0.15, 0.2) is 57.9 Å². The molecule has 0 aliphatic carbocycles. The lowest BCUT2D eigenvalue weighted by Crippen LogP contribution is -2.01. The summed E-state index contributed by atoms with van der Waals surface area (Å²) in [7, 11) is 0. The number of benzene rings is 2. The number of thioether (sulfide) groups is 1. The van der Waals surface area contributed by atoms with Crippen LogP contribution in [0.1, 0.15) is 37.0 Å². The Kier molecular flexibility index (Phi) is 5.70. The lowest BCUT2D eigenvalue weighted by Gasteiger charge is -2.12. The van der Waals surface area contributed by atoms with Crippen LogP contribution in [0.2, 0.25) is 0 Å². The van der Waals surface area contributed by atoms with E-state index in [1.54, 1.807) is 11.8 Å². The summed E-state index contributed by atoms with van der Waals surface area (Å²) in [5, 5.41) is 10.2. The van der Waals surface area contributed by atoms with Gasteiger partial charge in [0.1, 0.15) is 0 Å². The highest BCUT2D eigenvalue weighted by Crippen LogP contribution is 2.26. The number of aliphatic hydroxyl groups excluding tert-OH is 1. The predicted molar refractivity (Wildman–Crippen MR) is 90.4 cm³/mol. The number of aliphatic hydroxyl groups is 1. The van der Waals surface area contributed by atoms with Crippen molar-refractivity contribution in [2.75, 3.05) is 5.75 Å². The van der Waals surface area contributed by atoms with Crippen molar-refractivity contribution in [3.63, 3.8) is 0 Å². The van der Waals surface area contributed by atoms with Gasteiger partial charge in [0.25, 0.3) is 0 Å². The fraction of sp³-hybridized carbons (Fsp3) is 0.294. The minimum absolute atomic E-state index is 0.426. The Hall–Kier alpha value is -0.770. The molecule has 0 spiro atoms. The van der Waals surface area contributed by atoms with E-state index in [9.17, 15) is 5.11 Å². The van der Waals surface area contributed by atoms with Crippen LogP contribution in [0.25, 0.3) is 0 Å². The maximum Gasteiger partial charge on any atom is 0.0883 e. The predicted octanol–water partition coefficient (Wildman–Crippen LogP) is 5.40. The lowest BCUT2D eigenvalue weighted by molar-refractivity contribution is 0.204. The monoisotopic (exact) mass is 350 g/mol. The molecule has 0 aromatic heterocycles. The maximum atomic E-state index is 10.2. The van der Waals surface area contributed by atoms with Gasteiger partial charge in [-0.3, -0.25) is 0 Å². The van der Waals surface area contributed by atoms with Crippen LogP contribution in [0.5, 0.6) is 0 Å². The van der Waals surface area contributed by atoms with E-state index >= 15 is 0 Å². The van der Waals surface area contributed by atoms with Crippen molar-refractivity contribution in [2.24, 2.45) is 0 Å². The van der Waals surface area contributed by atoms with Crippen molar-refractivity contribution in [1.82, 2.24) is 0 Å². The van der Waals surface area contributed by atoms with Gasteiger partial charge in [0.15, 0.2) is 0 Å². The van der Waals surface area contributed by atoms with Gasteiger partial charge >= 0.3 is 0 Å². The van der Waals surface area contributed by atoms with E-state index in [1.165, 1.54) is 10.5 Å². The van der Waals surface area contributed by atoms with Crippen LogP contribution in [0.4, 0.5) is 0 Å². The zero-order valence-electron chi connectivity index (χ0n) is 11.7. The van der Waals surface area contributed by atoms with Gasteiger partial charge in [0.2, 0.25) is 0 Å². The normalized spacial score (nSPS) is 12.7. The molecule has 0 fully saturated rings. The van der Waals surface area contributed by atoms with Crippen molar-refractivity contribution < 1.29 is 5.11 Å². The molecule has 0 saturated heterocycles.